The van der Waals surface area contributed by atoms with Crippen LogP contribution in [0.25, 0.3) is 0 Å². The summed E-state index contributed by atoms with van der Waals surface area (Å²) < 4.78 is 0. The summed E-state index contributed by atoms with van der Waals surface area (Å²) in [4.78, 5) is 0. The molecule has 0 saturated carbocycles. The molecule has 1 aliphatic rings. The average molecular weight is 184 g/mol. The minimum atomic E-state index is -0.368. The highest BCUT2D eigenvalue weighted by Gasteiger charge is 2.25. The van der Waals surface area contributed by atoms with E-state index in [1.165, 1.54) is 0 Å². The van der Waals surface area contributed by atoms with Crippen LogP contribution in [-0.4, -0.2) is 22.9 Å². The van der Waals surface area contributed by atoms with E-state index < -0.39 is 0 Å². The van der Waals surface area contributed by atoms with Gasteiger partial charge < -0.3 is 10.2 Å². The monoisotopic (exact) mass is 184 g/mol. The molecule has 0 aliphatic heterocycles. The standard InChI is InChI=1S/C11H20O2/c1-8-3-5-10(9(2)7-12)11(13)6-4-8/h4,6,8-13H,3,5,7H2,1-2H3/t8-,9-,10-,11-/m0/s1. The molecule has 0 amide bonds. The highest BCUT2D eigenvalue weighted by molar-refractivity contribution is 4.98. The van der Waals surface area contributed by atoms with Crippen molar-refractivity contribution in [1.29, 1.82) is 0 Å². The molecule has 1 rings (SSSR count). The van der Waals surface area contributed by atoms with E-state index in [1.807, 2.05) is 13.0 Å². The van der Waals surface area contributed by atoms with Gasteiger partial charge in [0.15, 0.2) is 0 Å². The Hall–Kier alpha value is -0.340. The maximum atomic E-state index is 9.77. The van der Waals surface area contributed by atoms with Gasteiger partial charge in [-0.3, -0.25) is 0 Å². The number of rotatable bonds is 2. The normalized spacial score (nSPS) is 37.1. The lowest BCUT2D eigenvalue weighted by atomic mass is 9.86. The highest BCUT2D eigenvalue weighted by Crippen LogP contribution is 2.27. The summed E-state index contributed by atoms with van der Waals surface area (Å²) in [6.07, 6.45) is 5.72. The third kappa shape index (κ3) is 2.82. The number of hydrogen-bond acceptors (Lipinski definition) is 2. The first-order chi connectivity index (χ1) is 6.15. The molecule has 0 aromatic heterocycles. The van der Waals surface area contributed by atoms with Crippen molar-refractivity contribution in [3.8, 4) is 0 Å². The van der Waals surface area contributed by atoms with Crippen LogP contribution in [0.1, 0.15) is 26.7 Å². The Bertz CT molecular complexity index is 177. The quantitative estimate of drug-likeness (QED) is 0.640. The van der Waals surface area contributed by atoms with E-state index >= 15 is 0 Å². The minimum Gasteiger partial charge on any atom is -0.396 e. The molecule has 4 atom stereocenters. The minimum absolute atomic E-state index is 0.171. The molecule has 0 heterocycles. The topological polar surface area (TPSA) is 40.5 Å². The van der Waals surface area contributed by atoms with E-state index in [-0.39, 0.29) is 24.5 Å². The molecule has 0 spiro atoms. The van der Waals surface area contributed by atoms with Crippen molar-refractivity contribution >= 4 is 0 Å². The van der Waals surface area contributed by atoms with Gasteiger partial charge in [0.25, 0.3) is 0 Å². The third-order valence-corrected chi connectivity index (χ3v) is 3.05. The summed E-state index contributed by atoms with van der Waals surface area (Å²) in [6.45, 7) is 4.33. The first kappa shape index (κ1) is 10.7. The molecule has 1 aliphatic carbocycles. The Balaban J connectivity index is 2.60. The van der Waals surface area contributed by atoms with Gasteiger partial charge in [0, 0.05) is 6.61 Å². The lowest BCUT2D eigenvalue weighted by Crippen LogP contribution is -2.26. The van der Waals surface area contributed by atoms with Gasteiger partial charge in [-0.15, -0.1) is 0 Å². The summed E-state index contributed by atoms with van der Waals surface area (Å²) in [5, 5.41) is 18.8. The first-order valence-corrected chi connectivity index (χ1v) is 5.12. The van der Waals surface area contributed by atoms with Crippen LogP contribution in [0.2, 0.25) is 0 Å². The fourth-order valence-electron chi connectivity index (χ4n) is 1.93. The molecule has 0 unspecified atom stereocenters. The Morgan fingerprint density at radius 2 is 2.08 bits per heavy atom. The van der Waals surface area contributed by atoms with Crippen LogP contribution in [0.15, 0.2) is 12.2 Å². The van der Waals surface area contributed by atoms with Gasteiger partial charge in [-0.05, 0) is 30.6 Å². The Morgan fingerprint density at radius 1 is 1.38 bits per heavy atom. The molecule has 0 radical (unpaired) electrons. The van der Waals surface area contributed by atoms with Gasteiger partial charge in [-0.2, -0.15) is 0 Å². The molecule has 2 nitrogen and oxygen atoms in total. The van der Waals surface area contributed by atoms with E-state index in [0.29, 0.717) is 5.92 Å². The number of hydrogen-bond donors (Lipinski definition) is 2. The maximum Gasteiger partial charge on any atom is 0.0752 e. The number of aliphatic hydroxyl groups excluding tert-OH is 2. The van der Waals surface area contributed by atoms with E-state index in [9.17, 15) is 5.11 Å². The second-order valence-electron chi connectivity index (χ2n) is 4.25. The van der Waals surface area contributed by atoms with Crippen LogP contribution in [0.3, 0.4) is 0 Å². The van der Waals surface area contributed by atoms with Gasteiger partial charge in [0.2, 0.25) is 0 Å². The summed E-state index contributed by atoms with van der Waals surface area (Å²) >= 11 is 0. The predicted molar refractivity (Wildman–Crippen MR) is 53.3 cm³/mol. The van der Waals surface area contributed by atoms with Crippen LogP contribution in [0.5, 0.6) is 0 Å². The zero-order chi connectivity index (χ0) is 9.84. The van der Waals surface area contributed by atoms with Crippen molar-refractivity contribution in [1.82, 2.24) is 0 Å². The molecule has 0 saturated heterocycles. The second-order valence-corrected chi connectivity index (χ2v) is 4.25. The largest absolute Gasteiger partial charge is 0.396 e. The Kier molecular flexibility index (Phi) is 3.94. The molecule has 2 N–H and O–H groups in total. The van der Waals surface area contributed by atoms with Crippen molar-refractivity contribution in [3.05, 3.63) is 12.2 Å². The highest BCUT2D eigenvalue weighted by atomic mass is 16.3. The summed E-state index contributed by atoms with van der Waals surface area (Å²) in [7, 11) is 0. The third-order valence-electron chi connectivity index (χ3n) is 3.05. The number of allylic oxidation sites excluding steroid dienone is 1. The van der Waals surface area contributed by atoms with Gasteiger partial charge in [0.05, 0.1) is 6.10 Å². The second kappa shape index (κ2) is 4.77. The molecule has 0 aromatic carbocycles. The first-order valence-electron chi connectivity index (χ1n) is 5.12. The predicted octanol–water partition coefficient (Wildman–Crippen LogP) is 1.58. The van der Waals surface area contributed by atoms with Crippen LogP contribution >= 0.6 is 0 Å². The zero-order valence-corrected chi connectivity index (χ0v) is 8.48. The maximum absolute atomic E-state index is 9.77. The fourth-order valence-corrected chi connectivity index (χ4v) is 1.93. The van der Waals surface area contributed by atoms with E-state index in [0.717, 1.165) is 12.8 Å². The van der Waals surface area contributed by atoms with E-state index in [1.54, 1.807) is 0 Å². The van der Waals surface area contributed by atoms with Crippen molar-refractivity contribution in [3.63, 3.8) is 0 Å². The Labute approximate surface area is 80.3 Å². The molecule has 2 heteroatoms. The zero-order valence-electron chi connectivity index (χ0n) is 8.48. The van der Waals surface area contributed by atoms with Crippen LogP contribution in [0.4, 0.5) is 0 Å². The summed E-state index contributed by atoms with van der Waals surface area (Å²) in [6, 6.07) is 0. The molecule has 0 aromatic rings. The Morgan fingerprint density at radius 3 is 2.69 bits per heavy atom. The van der Waals surface area contributed by atoms with Crippen LogP contribution < -0.4 is 0 Å². The van der Waals surface area contributed by atoms with Gasteiger partial charge in [-0.25, -0.2) is 0 Å². The van der Waals surface area contributed by atoms with Crippen molar-refractivity contribution in [2.24, 2.45) is 17.8 Å². The van der Waals surface area contributed by atoms with Crippen molar-refractivity contribution in [2.45, 2.75) is 32.8 Å². The summed E-state index contributed by atoms with van der Waals surface area (Å²) in [5.74, 6) is 0.988. The SMILES string of the molecule is C[C@@H]1C=C[C@H](O)[C@H]([C@@H](C)CO)CC1. The van der Waals surface area contributed by atoms with Gasteiger partial charge >= 0.3 is 0 Å². The lowest BCUT2D eigenvalue weighted by molar-refractivity contribution is 0.0805. The van der Waals surface area contributed by atoms with E-state index in [4.69, 9.17) is 5.11 Å². The number of aliphatic hydroxyl groups is 2. The molecule has 13 heavy (non-hydrogen) atoms. The molecule has 76 valence electrons. The van der Waals surface area contributed by atoms with Gasteiger partial charge in [-0.1, -0.05) is 26.0 Å². The summed E-state index contributed by atoms with van der Waals surface area (Å²) in [5.41, 5.74) is 0. The molecule has 0 bridgehead atoms. The molecule has 0 fully saturated rings. The molecular weight excluding hydrogens is 164 g/mol. The van der Waals surface area contributed by atoms with E-state index in [2.05, 4.69) is 13.0 Å². The van der Waals surface area contributed by atoms with Crippen LogP contribution in [0, 0.1) is 17.8 Å². The smallest absolute Gasteiger partial charge is 0.0752 e. The van der Waals surface area contributed by atoms with Gasteiger partial charge in [0.1, 0.15) is 0 Å². The van der Waals surface area contributed by atoms with Crippen molar-refractivity contribution < 1.29 is 10.2 Å². The van der Waals surface area contributed by atoms with Crippen molar-refractivity contribution in [2.75, 3.05) is 6.61 Å². The lowest BCUT2D eigenvalue weighted by Gasteiger charge is -2.24. The average Bonchev–Trinajstić information content (AvgIpc) is 2.28. The van der Waals surface area contributed by atoms with Crippen LogP contribution in [-0.2, 0) is 0 Å². The molecular formula is C11H20O2. The fraction of sp³-hybridized carbons (Fsp3) is 0.818.